The Kier molecular flexibility index (Phi) is 6.57. The molecule has 1 fully saturated rings. The van der Waals surface area contributed by atoms with Crippen LogP contribution in [0, 0.1) is 0 Å². The molecule has 2 N–H and O–H groups in total. The van der Waals surface area contributed by atoms with E-state index in [1.54, 1.807) is 6.92 Å². The van der Waals surface area contributed by atoms with Crippen LogP contribution in [0.4, 0.5) is 13.2 Å². The van der Waals surface area contributed by atoms with Crippen LogP contribution in [0.2, 0.25) is 0 Å². The number of halogens is 3. The summed E-state index contributed by atoms with van der Waals surface area (Å²) in [5.41, 5.74) is -0.162. The molecule has 1 saturated heterocycles. The Morgan fingerprint density at radius 3 is 2.50 bits per heavy atom. The molecule has 2 rings (SSSR count). The van der Waals surface area contributed by atoms with Gasteiger partial charge < -0.3 is 15.1 Å². The highest BCUT2D eigenvalue weighted by Crippen LogP contribution is 2.40. The van der Waals surface area contributed by atoms with Gasteiger partial charge in [-0.2, -0.15) is 13.2 Å². The third-order valence-electron chi connectivity index (χ3n) is 4.15. The van der Waals surface area contributed by atoms with Crippen molar-refractivity contribution in [2.75, 3.05) is 32.9 Å². The van der Waals surface area contributed by atoms with Crippen molar-refractivity contribution in [3.63, 3.8) is 0 Å². The van der Waals surface area contributed by atoms with Gasteiger partial charge in [0.15, 0.2) is 0 Å². The number of benzene rings is 1. The standard InChI is InChI=1S/C17H22F3N3O2S/c1-11(15(25)21-8-9-22(2)3)23-14(24)10-26-16(23)12-4-6-13(7-5-12)17(18,19)20/h4-7,11,16H,8-10H2,1-3H3,(H,21,25)/p+1/t11-,16+/m0/s1. The maximum atomic E-state index is 12.7. The summed E-state index contributed by atoms with van der Waals surface area (Å²) in [6.07, 6.45) is -4.40. The highest BCUT2D eigenvalue weighted by molar-refractivity contribution is 8.00. The maximum absolute atomic E-state index is 12.7. The van der Waals surface area contributed by atoms with E-state index in [0.717, 1.165) is 18.7 Å². The second-order valence-electron chi connectivity index (χ2n) is 6.51. The Morgan fingerprint density at radius 2 is 1.96 bits per heavy atom. The first-order valence-corrected chi connectivity index (χ1v) is 9.33. The molecule has 2 atom stereocenters. The van der Waals surface area contributed by atoms with E-state index < -0.39 is 23.2 Å². The zero-order valence-electron chi connectivity index (χ0n) is 14.9. The second-order valence-corrected chi connectivity index (χ2v) is 7.58. The van der Waals surface area contributed by atoms with Crippen molar-refractivity contribution in [3.05, 3.63) is 35.4 Å². The maximum Gasteiger partial charge on any atom is 0.416 e. The minimum absolute atomic E-state index is 0.194. The van der Waals surface area contributed by atoms with Gasteiger partial charge in [-0.15, -0.1) is 11.8 Å². The summed E-state index contributed by atoms with van der Waals surface area (Å²) in [4.78, 5) is 27.2. The van der Waals surface area contributed by atoms with Crippen molar-refractivity contribution in [3.8, 4) is 0 Å². The number of hydrogen-bond donors (Lipinski definition) is 2. The van der Waals surface area contributed by atoms with E-state index in [1.807, 2.05) is 14.1 Å². The summed E-state index contributed by atoms with van der Waals surface area (Å²) in [5, 5.41) is 2.33. The third-order valence-corrected chi connectivity index (χ3v) is 5.38. The number of nitrogens with one attached hydrogen (secondary N) is 2. The first-order chi connectivity index (χ1) is 12.1. The van der Waals surface area contributed by atoms with E-state index in [4.69, 9.17) is 0 Å². The smallest absolute Gasteiger partial charge is 0.349 e. The number of carbonyl (C=O) groups excluding carboxylic acids is 2. The van der Waals surface area contributed by atoms with Gasteiger partial charge in [0.1, 0.15) is 11.4 Å². The second kappa shape index (κ2) is 8.30. The number of likely N-dealkylation sites (N-methyl/N-ethyl adjacent to an activating group) is 1. The number of amides is 2. The summed E-state index contributed by atoms with van der Waals surface area (Å²) in [6, 6.07) is 4.04. The molecule has 0 spiro atoms. The summed E-state index contributed by atoms with van der Waals surface area (Å²) in [7, 11) is 3.94. The lowest BCUT2D eigenvalue weighted by Crippen LogP contribution is -3.06. The molecule has 26 heavy (non-hydrogen) atoms. The number of rotatable bonds is 6. The monoisotopic (exact) mass is 390 g/mol. The molecule has 0 unspecified atom stereocenters. The lowest BCUT2D eigenvalue weighted by molar-refractivity contribution is -0.856. The molecule has 1 aromatic carbocycles. The van der Waals surface area contributed by atoms with Crippen LogP contribution in [0.1, 0.15) is 23.4 Å². The lowest BCUT2D eigenvalue weighted by Gasteiger charge is -2.29. The molecule has 1 aromatic rings. The number of alkyl halides is 3. The molecule has 0 aromatic heterocycles. The SMILES string of the molecule is C[C@@H](C(=O)NCC[NH+](C)C)N1C(=O)CS[C@@H]1c1ccc(C(F)(F)F)cc1. The van der Waals surface area contributed by atoms with Crippen LogP contribution in [0.5, 0.6) is 0 Å². The van der Waals surface area contributed by atoms with Crippen molar-refractivity contribution >= 4 is 23.6 Å². The van der Waals surface area contributed by atoms with Gasteiger partial charge in [0.25, 0.3) is 0 Å². The Labute approximate surface area is 154 Å². The molecule has 1 heterocycles. The number of thioether (sulfide) groups is 1. The van der Waals surface area contributed by atoms with E-state index >= 15 is 0 Å². The predicted octanol–water partition coefficient (Wildman–Crippen LogP) is 0.929. The Hall–Kier alpha value is -1.74. The molecule has 0 aliphatic carbocycles. The fourth-order valence-corrected chi connectivity index (χ4v) is 3.92. The van der Waals surface area contributed by atoms with Gasteiger partial charge in [0.2, 0.25) is 11.8 Å². The minimum Gasteiger partial charge on any atom is -0.349 e. The largest absolute Gasteiger partial charge is 0.416 e. The van der Waals surface area contributed by atoms with Gasteiger partial charge in [0.05, 0.1) is 38.5 Å². The molecule has 0 saturated carbocycles. The average molecular weight is 390 g/mol. The van der Waals surface area contributed by atoms with Crippen LogP contribution in [-0.4, -0.2) is 55.7 Å². The Balaban J connectivity index is 2.11. The van der Waals surface area contributed by atoms with Crippen LogP contribution in [-0.2, 0) is 15.8 Å². The van der Waals surface area contributed by atoms with Crippen LogP contribution in [0.3, 0.4) is 0 Å². The molecular weight excluding hydrogens is 367 g/mol. The van der Waals surface area contributed by atoms with Gasteiger partial charge in [-0.3, -0.25) is 9.59 Å². The minimum atomic E-state index is -4.40. The first-order valence-electron chi connectivity index (χ1n) is 8.28. The summed E-state index contributed by atoms with van der Waals surface area (Å²) in [5.74, 6) is -0.259. The molecular formula is C17H23F3N3O2S+. The average Bonchev–Trinajstić information content (AvgIpc) is 2.94. The van der Waals surface area contributed by atoms with Crippen molar-refractivity contribution in [2.24, 2.45) is 0 Å². The molecule has 9 heteroatoms. The van der Waals surface area contributed by atoms with Crippen molar-refractivity contribution in [1.29, 1.82) is 0 Å². The number of nitrogens with zero attached hydrogens (tertiary/aromatic N) is 1. The van der Waals surface area contributed by atoms with Crippen LogP contribution in [0.15, 0.2) is 24.3 Å². The molecule has 5 nitrogen and oxygen atoms in total. The van der Waals surface area contributed by atoms with Gasteiger partial charge in [0, 0.05) is 0 Å². The number of quaternary nitrogens is 1. The summed E-state index contributed by atoms with van der Waals surface area (Å²) < 4.78 is 38.2. The summed E-state index contributed by atoms with van der Waals surface area (Å²) in [6.45, 7) is 2.88. The molecule has 1 aliphatic heterocycles. The molecule has 1 aliphatic rings. The van der Waals surface area contributed by atoms with Crippen LogP contribution < -0.4 is 10.2 Å². The van der Waals surface area contributed by atoms with E-state index in [0.29, 0.717) is 12.1 Å². The quantitative estimate of drug-likeness (QED) is 0.760. The Bertz CT molecular complexity index is 650. The van der Waals surface area contributed by atoms with Gasteiger partial charge in [-0.1, -0.05) is 12.1 Å². The number of carbonyl (C=O) groups is 2. The van der Waals surface area contributed by atoms with Gasteiger partial charge in [-0.25, -0.2) is 0 Å². The van der Waals surface area contributed by atoms with Crippen LogP contribution in [0.25, 0.3) is 0 Å². The summed E-state index contributed by atoms with van der Waals surface area (Å²) >= 11 is 1.31. The molecule has 0 bridgehead atoms. The Morgan fingerprint density at radius 1 is 1.35 bits per heavy atom. The molecule has 144 valence electrons. The molecule has 2 amide bonds. The first kappa shape index (κ1) is 20.6. The van der Waals surface area contributed by atoms with Gasteiger partial charge in [-0.05, 0) is 24.6 Å². The third kappa shape index (κ3) is 4.91. The fourth-order valence-electron chi connectivity index (χ4n) is 2.66. The van der Waals surface area contributed by atoms with Crippen molar-refractivity contribution < 1.29 is 27.7 Å². The zero-order valence-corrected chi connectivity index (χ0v) is 15.7. The highest BCUT2D eigenvalue weighted by Gasteiger charge is 2.39. The van der Waals surface area contributed by atoms with Crippen molar-refractivity contribution in [1.82, 2.24) is 10.2 Å². The predicted molar refractivity (Wildman–Crippen MR) is 93.6 cm³/mol. The number of hydrogen-bond acceptors (Lipinski definition) is 3. The fraction of sp³-hybridized carbons (Fsp3) is 0.529. The van der Waals surface area contributed by atoms with E-state index in [-0.39, 0.29) is 17.6 Å². The zero-order chi connectivity index (χ0) is 19.5. The normalized spacial score (nSPS) is 19.1. The van der Waals surface area contributed by atoms with E-state index in [2.05, 4.69) is 5.32 Å². The van der Waals surface area contributed by atoms with E-state index in [1.165, 1.54) is 33.7 Å². The highest BCUT2D eigenvalue weighted by atomic mass is 32.2. The molecule has 0 radical (unpaired) electrons. The lowest BCUT2D eigenvalue weighted by atomic mass is 10.1. The van der Waals surface area contributed by atoms with E-state index in [9.17, 15) is 22.8 Å². The van der Waals surface area contributed by atoms with Gasteiger partial charge >= 0.3 is 6.18 Å². The van der Waals surface area contributed by atoms with Crippen molar-refractivity contribution in [2.45, 2.75) is 24.5 Å². The topological polar surface area (TPSA) is 53.9 Å². The van der Waals surface area contributed by atoms with Crippen LogP contribution >= 0.6 is 11.8 Å².